The van der Waals surface area contributed by atoms with Crippen LogP contribution in [0.5, 0.6) is 0 Å². The summed E-state index contributed by atoms with van der Waals surface area (Å²) >= 11 is 0. The lowest BCUT2D eigenvalue weighted by atomic mass is 10.1. The van der Waals surface area contributed by atoms with E-state index in [-0.39, 0.29) is 6.54 Å². The number of amides is 2. The molecule has 0 aliphatic heterocycles. The molecule has 0 aromatic heterocycles. The van der Waals surface area contributed by atoms with Crippen LogP contribution in [0.3, 0.4) is 0 Å². The molecule has 2 unspecified atom stereocenters. The van der Waals surface area contributed by atoms with Crippen molar-refractivity contribution >= 4 is 18.0 Å². The van der Waals surface area contributed by atoms with Gasteiger partial charge in [-0.2, -0.15) is 0 Å². The molecule has 2 rings (SSSR count). The van der Waals surface area contributed by atoms with Crippen LogP contribution in [0.25, 0.3) is 0 Å². The Bertz CT molecular complexity index is 906. The molecule has 0 saturated carbocycles. The highest BCUT2D eigenvalue weighted by atomic mass is 16.6. The van der Waals surface area contributed by atoms with Gasteiger partial charge in [-0.3, -0.25) is 4.79 Å². The molecule has 0 bridgehead atoms. The number of aliphatic hydroxyl groups excluding tert-OH is 1. The van der Waals surface area contributed by atoms with Gasteiger partial charge in [-0.25, -0.2) is 9.59 Å². The van der Waals surface area contributed by atoms with Crippen molar-refractivity contribution in [3.05, 3.63) is 71.3 Å². The molecule has 0 saturated heterocycles. The van der Waals surface area contributed by atoms with Crippen LogP contribution in [0, 0.1) is 6.92 Å². The zero-order valence-electron chi connectivity index (χ0n) is 18.8. The van der Waals surface area contributed by atoms with Crippen molar-refractivity contribution in [2.24, 2.45) is 0 Å². The maximum absolute atomic E-state index is 12.9. The summed E-state index contributed by atoms with van der Waals surface area (Å²) in [6.07, 6.45) is -2.14. The smallest absolute Gasteiger partial charge is 0.408 e. The van der Waals surface area contributed by atoms with Crippen LogP contribution in [0.4, 0.5) is 4.79 Å². The average molecular weight is 443 g/mol. The lowest BCUT2D eigenvalue weighted by Crippen LogP contribution is -2.47. The third-order valence-electron chi connectivity index (χ3n) is 4.32. The summed E-state index contributed by atoms with van der Waals surface area (Å²) in [5, 5.41) is 14.6. The summed E-state index contributed by atoms with van der Waals surface area (Å²) in [4.78, 5) is 37.6. The molecule has 2 aromatic rings. The molecule has 8 heteroatoms. The van der Waals surface area contributed by atoms with Crippen molar-refractivity contribution < 1.29 is 29.0 Å². The summed E-state index contributed by atoms with van der Waals surface area (Å²) in [6.45, 7) is 6.44. The van der Waals surface area contributed by atoms with E-state index in [1.807, 2.05) is 37.3 Å². The molecule has 0 radical (unpaired) electrons. The molecule has 0 aliphatic rings. The molecule has 0 aliphatic carbocycles. The lowest BCUT2D eigenvalue weighted by Gasteiger charge is -2.24. The maximum atomic E-state index is 12.9. The molecular formula is C24H30N2O6. The maximum Gasteiger partial charge on any atom is 0.408 e. The minimum absolute atomic E-state index is 0.249. The van der Waals surface area contributed by atoms with E-state index in [2.05, 4.69) is 10.6 Å². The Kier molecular flexibility index (Phi) is 8.78. The van der Waals surface area contributed by atoms with E-state index < -0.39 is 42.3 Å². The zero-order chi connectivity index (χ0) is 23.7. The Labute approximate surface area is 187 Å². The molecule has 3 N–H and O–H groups in total. The summed E-state index contributed by atoms with van der Waals surface area (Å²) in [6, 6.07) is 14.9. The van der Waals surface area contributed by atoms with E-state index in [1.54, 1.807) is 45.0 Å². The van der Waals surface area contributed by atoms with Gasteiger partial charge in [-0.1, -0.05) is 60.2 Å². The minimum atomic E-state index is -1.39. The highest BCUT2D eigenvalue weighted by Crippen LogP contribution is 2.20. The van der Waals surface area contributed by atoms with Crippen LogP contribution < -0.4 is 10.6 Å². The van der Waals surface area contributed by atoms with Gasteiger partial charge in [0.15, 0.2) is 6.04 Å². The number of carbonyl (C=O) groups is 3. The molecule has 32 heavy (non-hydrogen) atoms. The number of aryl methyl sites for hydroxylation is 1. The Hall–Kier alpha value is -3.39. The monoisotopic (exact) mass is 442 g/mol. The molecule has 2 amide bonds. The number of benzene rings is 2. The first-order chi connectivity index (χ1) is 15.1. The van der Waals surface area contributed by atoms with Gasteiger partial charge in [0.1, 0.15) is 5.60 Å². The Morgan fingerprint density at radius 2 is 1.62 bits per heavy atom. The van der Waals surface area contributed by atoms with Crippen LogP contribution in [0.1, 0.15) is 43.6 Å². The summed E-state index contributed by atoms with van der Waals surface area (Å²) in [5.74, 6) is -1.49. The van der Waals surface area contributed by atoms with Crippen LogP contribution >= 0.6 is 0 Å². The number of hydrogen-bond acceptors (Lipinski definition) is 6. The predicted molar refractivity (Wildman–Crippen MR) is 119 cm³/mol. The van der Waals surface area contributed by atoms with Gasteiger partial charge in [-0.15, -0.1) is 0 Å². The third-order valence-corrected chi connectivity index (χ3v) is 4.32. The third kappa shape index (κ3) is 8.03. The Balaban J connectivity index is 2.13. The van der Waals surface area contributed by atoms with Crippen LogP contribution in [0.2, 0.25) is 0 Å². The topological polar surface area (TPSA) is 114 Å². The molecule has 2 atom stereocenters. The largest absolute Gasteiger partial charge is 0.446 e. The van der Waals surface area contributed by atoms with Crippen LogP contribution in [-0.4, -0.2) is 41.3 Å². The fraction of sp³-hybridized carbons (Fsp3) is 0.375. The molecule has 172 valence electrons. The molecule has 0 heterocycles. The van der Waals surface area contributed by atoms with Gasteiger partial charge in [0.05, 0.1) is 6.61 Å². The highest BCUT2D eigenvalue weighted by Gasteiger charge is 2.31. The number of hydrogen-bond donors (Lipinski definition) is 3. The minimum Gasteiger partial charge on any atom is -0.446 e. The van der Waals surface area contributed by atoms with E-state index in [1.165, 1.54) is 0 Å². The van der Waals surface area contributed by atoms with Crippen molar-refractivity contribution in [2.75, 3.05) is 6.61 Å². The van der Waals surface area contributed by atoms with Gasteiger partial charge in [0.2, 0.25) is 6.10 Å². The summed E-state index contributed by atoms with van der Waals surface area (Å²) < 4.78 is 10.5. The van der Waals surface area contributed by atoms with Crippen molar-refractivity contribution in [1.29, 1.82) is 0 Å². The molecular weight excluding hydrogens is 412 g/mol. The van der Waals surface area contributed by atoms with Crippen molar-refractivity contribution in [3.8, 4) is 0 Å². The standard InChI is InChI=1S/C24H30N2O6/c1-16-10-12-18(13-11-16)20(21(28)25-14-17-8-6-5-7-9-17)31-22(29)19(15-27)26-23(30)32-24(2,3)4/h5-13,19-20,27H,14-15H2,1-4H3,(H,25,28)(H,26,30). The van der Waals surface area contributed by atoms with Gasteiger partial charge in [-0.05, 0) is 33.3 Å². The van der Waals surface area contributed by atoms with E-state index in [0.717, 1.165) is 11.1 Å². The van der Waals surface area contributed by atoms with E-state index in [4.69, 9.17) is 9.47 Å². The number of ether oxygens (including phenoxy) is 2. The van der Waals surface area contributed by atoms with Gasteiger partial charge < -0.3 is 25.2 Å². The Morgan fingerprint density at radius 1 is 1.00 bits per heavy atom. The normalized spacial score (nSPS) is 12.9. The average Bonchev–Trinajstić information content (AvgIpc) is 2.74. The first-order valence-electron chi connectivity index (χ1n) is 10.3. The molecule has 0 spiro atoms. The second-order valence-corrected chi connectivity index (χ2v) is 8.31. The van der Waals surface area contributed by atoms with E-state index >= 15 is 0 Å². The zero-order valence-corrected chi connectivity index (χ0v) is 18.8. The summed E-state index contributed by atoms with van der Waals surface area (Å²) in [5.41, 5.74) is 1.54. The quantitative estimate of drug-likeness (QED) is 0.542. The number of rotatable bonds is 8. The van der Waals surface area contributed by atoms with Crippen molar-refractivity contribution in [3.63, 3.8) is 0 Å². The second kappa shape index (κ2) is 11.3. The number of alkyl carbamates (subject to hydrolysis) is 1. The van der Waals surface area contributed by atoms with Crippen LogP contribution in [0.15, 0.2) is 54.6 Å². The van der Waals surface area contributed by atoms with Gasteiger partial charge in [0.25, 0.3) is 5.91 Å². The fourth-order valence-electron chi connectivity index (χ4n) is 2.72. The number of carbonyl (C=O) groups excluding carboxylic acids is 3. The lowest BCUT2D eigenvalue weighted by molar-refractivity contribution is -0.159. The predicted octanol–water partition coefficient (Wildman–Crippen LogP) is 2.78. The SMILES string of the molecule is Cc1ccc(C(OC(=O)C(CO)NC(=O)OC(C)(C)C)C(=O)NCc2ccccc2)cc1. The highest BCUT2D eigenvalue weighted by molar-refractivity contribution is 5.87. The van der Waals surface area contributed by atoms with Crippen LogP contribution in [-0.2, 0) is 25.6 Å². The fourth-order valence-corrected chi connectivity index (χ4v) is 2.72. The van der Waals surface area contributed by atoms with Crippen molar-refractivity contribution in [1.82, 2.24) is 10.6 Å². The number of nitrogens with one attached hydrogen (secondary N) is 2. The Morgan fingerprint density at radius 3 is 2.19 bits per heavy atom. The van der Waals surface area contributed by atoms with E-state index in [9.17, 15) is 19.5 Å². The number of aliphatic hydroxyl groups is 1. The molecule has 0 fully saturated rings. The summed E-state index contributed by atoms with van der Waals surface area (Å²) in [7, 11) is 0. The van der Waals surface area contributed by atoms with Gasteiger partial charge in [0, 0.05) is 12.1 Å². The first kappa shape index (κ1) is 24.9. The number of esters is 1. The van der Waals surface area contributed by atoms with E-state index in [0.29, 0.717) is 5.56 Å². The second-order valence-electron chi connectivity index (χ2n) is 8.31. The van der Waals surface area contributed by atoms with Crippen molar-refractivity contribution in [2.45, 2.75) is 52.0 Å². The molecule has 8 nitrogen and oxygen atoms in total. The molecule has 2 aromatic carbocycles. The first-order valence-corrected chi connectivity index (χ1v) is 10.3. The van der Waals surface area contributed by atoms with Gasteiger partial charge >= 0.3 is 12.1 Å².